The summed E-state index contributed by atoms with van der Waals surface area (Å²) in [6.07, 6.45) is 0. The van der Waals surface area contributed by atoms with Crippen molar-refractivity contribution in [2.45, 2.75) is 19.9 Å². The van der Waals surface area contributed by atoms with Gasteiger partial charge in [-0.25, -0.2) is 0 Å². The quantitative estimate of drug-likeness (QED) is 0.788. The van der Waals surface area contributed by atoms with Gasteiger partial charge in [0.15, 0.2) is 0 Å². The molecule has 0 saturated carbocycles. The highest BCUT2D eigenvalue weighted by Crippen LogP contribution is 2.12. The highest BCUT2D eigenvalue weighted by Gasteiger charge is 2.17. The number of hydrogen-bond acceptors (Lipinski definition) is 3. The predicted molar refractivity (Wildman–Crippen MR) is 75.8 cm³/mol. The van der Waals surface area contributed by atoms with Crippen LogP contribution in [-0.4, -0.2) is 42.2 Å². The number of rotatable bonds is 3. The van der Waals surface area contributed by atoms with E-state index in [9.17, 15) is 4.79 Å². The number of nitrogens with two attached hydrogens (primary N) is 1. The van der Waals surface area contributed by atoms with Crippen molar-refractivity contribution in [1.82, 2.24) is 4.90 Å². The lowest BCUT2D eigenvalue weighted by atomic mass is 10.1. The molecule has 1 unspecified atom stereocenters. The third-order valence-electron chi connectivity index (χ3n) is 2.90. The molecule has 0 aliphatic heterocycles. The molecule has 102 valence electrons. The van der Waals surface area contributed by atoms with E-state index >= 15 is 0 Å². The summed E-state index contributed by atoms with van der Waals surface area (Å²) in [6.45, 7) is 3.94. The zero-order valence-corrected chi connectivity index (χ0v) is 11.6. The van der Waals surface area contributed by atoms with Crippen molar-refractivity contribution >= 4 is 5.91 Å². The first-order valence-electron chi connectivity index (χ1n) is 6.18. The molecule has 0 aliphatic carbocycles. The number of likely N-dealkylation sites (N-methyl/N-ethyl adjacent to an activating group) is 1. The van der Waals surface area contributed by atoms with Crippen LogP contribution in [0.1, 0.15) is 28.4 Å². The average Bonchev–Trinajstić information content (AvgIpc) is 2.41. The Morgan fingerprint density at radius 1 is 1.47 bits per heavy atom. The van der Waals surface area contributed by atoms with E-state index in [-0.39, 0.29) is 18.6 Å². The molecule has 19 heavy (non-hydrogen) atoms. The first-order chi connectivity index (χ1) is 8.99. The Morgan fingerprint density at radius 3 is 2.74 bits per heavy atom. The van der Waals surface area contributed by atoms with E-state index in [2.05, 4.69) is 11.8 Å². The van der Waals surface area contributed by atoms with Gasteiger partial charge in [0, 0.05) is 18.2 Å². The van der Waals surface area contributed by atoms with Crippen molar-refractivity contribution in [2.24, 2.45) is 5.73 Å². The number of amides is 1. The van der Waals surface area contributed by atoms with E-state index < -0.39 is 0 Å². The summed E-state index contributed by atoms with van der Waals surface area (Å²) in [4.78, 5) is 13.8. The summed E-state index contributed by atoms with van der Waals surface area (Å²) in [5, 5.41) is 9.10. The van der Waals surface area contributed by atoms with Gasteiger partial charge in [0.1, 0.15) is 0 Å². The Labute approximate surface area is 114 Å². The van der Waals surface area contributed by atoms with Gasteiger partial charge in [-0.05, 0) is 37.6 Å². The average molecular weight is 260 g/mol. The lowest BCUT2D eigenvalue weighted by Crippen LogP contribution is -2.37. The van der Waals surface area contributed by atoms with Crippen LogP contribution in [0, 0.1) is 18.8 Å². The summed E-state index contributed by atoms with van der Waals surface area (Å²) >= 11 is 0. The number of carbonyl (C=O) groups is 1. The van der Waals surface area contributed by atoms with E-state index in [0.717, 1.165) is 11.1 Å². The molecule has 1 rings (SSSR count). The highest BCUT2D eigenvalue weighted by molar-refractivity contribution is 5.94. The van der Waals surface area contributed by atoms with E-state index in [1.54, 1.807) is 20.0 Å². The van der Waals surface area contributed by atoms with Gasteiger partial charge in [-0.1, -0.05) is 11.8 Å². The molecule has 0 radical (unpaired) electrons. The van der Waals surface area contributed by atoms with Crippen LogP contribution < -0.4 is 5.73 Å². The van der Waals surface area contributed by atoms with Crippen LogP contribution in [0.15, 0.2) is 18.2 Å². The van der Waals surface area contributed by atoms with Gasteiger partial charge < -0.3 is 15.7 Å². The zero-order valence-electron chi connectivity index (χ0n) is 11.6. The SMILES string of the molecule is Cc1cc(C#CCN)cc(C(=O)N(C)C(C)CO)c1. The summed E-state index contributed by atoms with van der Waals surface area (Å²) in [7, 11) is 1.68. The number of hydrogen-bond donors (Lipinski definition) is 2. The van der Waals surface area contributed by atoms with Crippen molar-refractivity contribution in [2.75, 3.05) is 20.2 Å². The predicted octanol–water partition coefficient (Wildman–Crippen LogP) is 0.758. The highest BCUT2D eigenvalue weighted by atomic mass is 16.3. The molecule has 0 aromatic heterocycles. The number of aryl methyl sites for hydroxylation is 1. The molecule has 1 atom stereocenters. The Hall–Kier alpha value is -1.83. The Kier molecular flexibility index (Phi) is 5.56. The fraction of sp³-hybridized carbons (Fsp3) is 0.400. The van der Waals surface area contributed by atoms with Crippen LogP contribution in [0.25, 0.3) is 0 Å². The second-order valence-corrected chi connectivity index (χ2v) is 4.54. The van der Waals surface area contributed by atoms with E-state index in [0.29, 0.717) is 12.1 Å². The molecule has 0 saturated heterocycles. The summed E-state index contributed by atoms with van der Waals surface area (Å²) in [5.41, 5.74) is 7.66. The lowest BCUT2D eigenvalue weighted by Gasteiger charge is -2.23. The minimum Gasteiger partial charge on any atom is -0.394 e. The van der Waals surface area contributed by atoms with Crippen LogP contribution in [0.4, 0.5) is 0 Å². The minimum absolute atomic E-state index is 0.0616. The molecule has 0 spiro atoms. The molecule has 3 N–H and O–H groups in total. The van der Waals surface area contributed by atoms with Crippen LogP contribution in [0.2, 0.25) is 0 Å². The fourth-order valence-electron chi connectivity index (χ4n) is 1.66. The van der Waals surface area contributed by atoms with Crippen LogP contribution in [0.3, 0.4) is 0 Å². The molecule has 4 nitrogen and oxygen atoms in total. The van der Waals surface area contributed by atoms with Crippen molar-refractivity contribution in [3.63, 3.8) is 0 Å². The maximum Gasteiger partial charge on any atom is 0.253 e. The Bertz CT molecular complexity index is 515. The van der Waals surface area contributed by atoms with E-state index in [1.165, 1.54) is 4.90 Å². The van der Waals surface area contributed by atoms with Gasteiger partial charge in [-0.2, -0.15) is 0 Å². The minimum atomic E-state index is -0.216. The van der Waals surface area contributed by atoms with Crippen molar-refractivity contribution < 1.29 is 9.90 Å². The van der Waals surface area contributed by atoms with Gasteiger partial charge >= 0.3 is 0 Å². The third-order valence-corrected chi connectivity index (χ3v) is 2.90. The molecule has 1 aromatic carbocycles. The number of nitrogens with zero attached hydrogens (tertiary/aromatic N) is 1. The van der Waals surface area contributed by atoms with Gasteiger partial charge in [-0.15, -0.1) is 0 Å². The maximum absolute atomic E-state index is 12.3. The van der Waals surface area contributed by atoms with Crippen LogP contribution >= 0.6 is 0 Å². The largest absolute Gasteiger partial charge is 0.394 e. The topological polar surface area (TPSA) is 66.6 Å². The summed E-state index contributed by atoms with van der Waals surface area (Å²) in [6, 6.07) is 5.26. The van der Waals surface area contributed by atoms with Gasteiger partial charge in [0.25, 0.3) is 5.91 Å². The number of benzene rings is 1. The molecule has 4 heteroatoms. The lowest BCUT2D eigenvalue weighted by molar-refractivity contribution is 0.0682. The van der Waals surface area contributed by atoms with Crippen LogP contribution in [0.5, 0.6) is 0 Å². The third kappa shape index (κ3) is 4.09. The number of aliphatic hydroxyl groups excluding tert-OH is 1. The van der Waals surface area contributed by atoms with Gasteiger partial charge in [0.05, 0.1) is 19.2 Å². The van der Waals surface area contributed by atoms with Crippen molar-refractivity contribution in [1.29, 1.82) is 0 Å². The van der Waals surface area contributed by atoms with Crippen molar-refractivity contribution in [3.05, 3.63) is 34.9 Å². The Balaban J connectivity index is 3.06. The van der Waals surface area contributed by atoms with Crippen LogP contribution in [-0.2, 0) is 0 Å². The normalized spacial score (nSPS) is 11.4. The molecular weight excluding hydrogens is 240 g/mol. The second-order valence-electron chi connectivity index (χ2n) is 4.54. The smallest absolute Gasteiger partial charge is 0.253 e. The summed E-state index contributed by atoms with van der Waals surface area (Å²) < 4.78 is 0. The van der Waals surface area contributed by atoms with Crippen molar-refractivity contribution in [3.8, 4) is 11.8 Å². The van der Waals surface area contributed by atoms with E-state index in [4.69, 9.17) is 10.8 Å². The molecule has 0 fully saturated rings. The zero-order chi connectivity index (χ0) is 14.4. The summed E-state index contributed by atoms with van der Waals surface area (Å²) in [5.74, 6) is 5.58. The number of carbonyl (C=O) groups excluding carboxylic acids is 1. The first-order valence-corrected chi connectivity index (χ1v) is 6.18. The molecule has 1 amide bonds. The van der Waals surface area contributed by atoms with Gasteiger partial charge in [0.2, 0.25) is 0 Å². The van der Waals surface area contributed by atoms with E-state index in [1.807, 2.05) is 19.1 Å². The monoisotopic (exact) mass is 260 g/mol. The molecule has 0 heterocycles. The second kappa shape index (κ2) is 6.93. The molecular formula is C15H20N2O2. The Morgan fingerprint density at radius 2 is 2.16 bits per heavy atom. The molecule has 0 aliphatic rings. The standard InChI is InChI=1S/C15H20N2O2/c1-11-7-13(5-4-6-16)9-14(8-11)15(19)17(3)12(2)10-18/h7-9,12,18H,6,10,16H2,1-3H3. The molecule has 0 bridgehead atoms. The fourth-order valence-corrected chi connectivity index (χ4v) is 1.66. The van der Waals surface area contributed by atoms with Gasteiger partial charge in [-0.3, -0.25) is 4.79 Å². The maximum atomic E-state index is 12.3. The number of aliphatic hydroxyl groups is 1. The first kappa shape index (κ1) is 15.2. The molecule has 1 aromatic rings.